The molecule has 1 aliphatic heterocycles. The Morgan fingerprint density at radius 3 is 2.52 bits per heavy atom. The van der Waals surface area contributed by atoms with E-state index in [1.807, 2.05) is 19.0 Å². The molecular weight excluding hydrogens is 573 g/mol. The number of carbonyl (C=O) groups is 3. The van der Waals surface area contributed by atoms with Crippen molar-refractivity contribution in [1.29, 1.82) is 0 Å². The summed E-state index contributed by atoms with van der Waals surface area (Å²) in [6, 6.07) is 7.82. The summed E-state index contributed by atoms with van der Waals surface area (Å²) in [5.74, 6) is -1.98. The van der Waals surface area contributed by atoms with Gasteiger partial charge in [0, 0.05) is 36.2 Å². The van der Waals surface area contributed by atoms with E-state index in [4.69, 9.17) is 31.3 Å². The number of hydrogen-bond acceptors (Lipinski definition) is 9. The first-order valence-corrected chi connectivity index (χ1v) is 13.2. The molecule has 0 unspecified atom stereocenters. The summed E-state index contributed by atoms with van der Waals surface area (Å²) in [5.41, 5.74) is 1.65. The summed E-state index contributed by atoms with van der Waals surface area (Å²) in [5, 5.41) is 22.5. The third kappa shape index (κ3) is 10.3. The molecule has 0 radical (unpaired) electrons. The number of amides is 1. The molecule has 0 saturated carbocycles. The Morgan fingerprint density at radius 2 is 1.90 bits per heavy atom. The molecule has 1 aromatic heterocycles. The molecule has 2 heterocycles. The van der Waals surface area contributed by atoms with Gasteiger partial charge in [-0.1, -0.05) is 17.7 Å². The number of carboxylic acid groups (broad SMARTS) is 2. The van der Waals surface area contributed by atoms with Crippen molar-refractivity contribution in [2.24, 2.45) is 0 Å². The highest BCUT2D eigenvalue weighted by Gasteiger charge is 2.21. The number of anilines is 3. The van der Waals surface area contributed by atoms with E-state index in [2.05, 4.69) is 20.6 Å². The van der Waals surface area contributed by atoms with Crippen molar-refractivity contribution in [2.45, 2.75) is 25.4 Å². The summed E-state index contributed by atoms with van der Waals surface area (Å²) in [7, 11) is 3.84. The number of aromatic nitrogens is 2. The Morgan fingerprint density at radius 1 is 1.17 bits per heavy atom. The largest absolute Gasteiger partial charge is 0.486 e. The van der Waals surface area contributed by atoms with Crippen molar-refractivity contribution in [1.82, 2.24) is 14.9 Å². The van der Waals surface area contributed by atoms with Gasteiger partial charge >= 0.3 is 11.9 Å². The fourth-order valence-electron chi connectivity index (χ4n) is 3.63. The topological polar surface area (TPSA) is 163 Å². The summed E-state index contributed by atoms with van der Waals surface area (Å²) in [6.45, 7) is 1.75. The van der Waals surface area contributed by atoms with E-state index >= 15 is 0 Å². The van der Waals surface area contributed by atoms with E-state index in [-0.39, 0.29) is 29.9 Å². The lowest BCUT2D eigenvalue weighted by molar-refractivity contribution is -0.143. The normalized spacial score (nSPS) is 14.5. The second-order valence-corrected chi connectivity index (χ2v) is 9.79. The molecule has 3 aromatic rings. The Bertz CT molecular complexity index is 1430. The molecule has 4 rings (SSSR count). The first-order chi connectivity index (χ1) is 20.0. The molecule has 4 N–H and O–H groups in total. The highest BCUT2D eigenvalue weighted by atomic mass is 35.5. The lowest BCUT2D eigenvalue weighted by Gasteiger charge is -2.17. The average molecular weight is 604 g/mol. The number of hydrogen-bond donors (Lipinski definition) is 4. The van der Waals surface area contributed by atoms with E-state index in [0.717, 1.165) is 6.42 Å². The maximum Gasteiger partial charge on any atom is 0.303 e. The van der Waals surface area contributed by atoms with Crippen LogP contribution < -0.4 is 15.4 Å². The van der Waals surface area contributed by atoms with Crippen LogP contribution in [0.25, 0.3) is 10.9 Å². The number of carboxylic acids is 2. The van der Waals surface area contributed by atoms with Crippen LogP contribution in [-0.2, 0) is 19.1 Å². The highest BCUT2D eigenvalue weighted by molar-refractivity contribution is 6.31. The molecule has 1 saturated heterocycles. The van der Waals surface area contributed by atoms with Gasteiger partial charge in [0.05, 0.1) is 42.3 Å². The van der Waals surface area contributed by atoms with Gasteiger partial charge in [-0.2, -0.15) is 0 Å². The molecule has 14 heteroatoms. The van der Waals surface area contributed by atoms with E-state index < -0.39 is 17.8 Å². The number of ether oxygens (including phenoxy) is 2. The smallest absolute Gasteiger partial charge is 0.303 e. The van der Waals surface area contributed by atoms with Gasteiger partial charge in [0.2, 0.25) is 5.91 Å². The van der Waals surface area contributed by atoms with Crippen LogP contribution in [-0.4, -0.2) is 82.9 Å². The van der Waals surface area contributed by atoms with Crippen molar-refractivity contribution in [3.8, 4) is 5.75 Å². The van der Waals surface area contributed by atoms with Crippen molar-refractivity contribution in [2.75, 3.05) is 44.5 Å². The maximum absolute atomic E-state index is 13.6. The number of carbonyl (C=O) groups excluding carboxylic acids is 1. The monoisotopic (exact) mass is 603 g/mol. The Kier molecular flexibility index (Phi) is 12.0. The molecule has 1 aliphatic rings. The van der Waals surface area contributed by atoms with Gasteiger partial charge in [-0.3, -0.25) is 14.4 Å². The Balaban J connectivity index is 0.000000531. The minimum absolute atomic E-state index is 0.00436. The van der Waals surface area contributed by atoms with Crippen LogP contribution in [0.1, 0.15) is 19.3 Å². The van der Waals surface area contributed by atoms with Gasteiger partial charge in [-0.05, 0) is 38.4 Å². The van der Waals surface area contributed by atoms with Crippen LogP contribution >= 0.6 is 11.6 Å². The SMILES string of the molecule is CN(C)C/C=C/C(=O)Nc1cc2c(Nc3ccc(F)c(Cl)c3)ncnc2cc1O[C@H]1CCOC1.O=C(O)CCC(=O)O. The number of fused-ring (bicyclic) bond motifs is 1. The van der Waals surface area contributed by atoms with Crippen LogP contribution in [0.3, 0.4) is 0 Å². The molecule has 0 spiro atoms. The summed E-state index contributed by atoms with van der Waals surface area (Å²) < 4.78 is 25.1. The van der Waals surface area contributed by atoms with Crippen molar-refractivity contribution in [3.05, 3.63) is 59.7 Å². The zero-order chi connectivity index (χ0) is 30.6. The molecule has 0 aliphatic carbocycles. The molecular formula is C28H31ClFN5O7. The number of benzene rings is 2. The number of rotatable bonds is 11. The molecule has 224 valence electrons. The molecule has 1 fully saturated rings. The number of nitrogens with one attached hydrogen (secondary N) is 2. The quantitative estimate of drug-likeness (QED) is 0.231. The second-order valence-electron chi connectivity index (χ2n) is 9.39. The predicted molar refractivity (Wildman–Crippen MR) is 155 cm³/mol. The summed E-state index contributed by atoms with van der Waals surface area (Å²) >= 11 is 5.91. The summed E-state index contributed by atoms with van der Waals surface area (Å²) in [4.78, 5) is 42.5. The van der Waals surface area contributed by atoms with Crippen LogP contribution in [0.4, 0.5) is 21.6 Å². The van der Waals surface area contributed by atoms with E-state index in [0.29, 0.717) is 53.6 Å². The fourth-order valence-corrected chi connectivity index (χ4v) is 3.81. The molecule has 1 atom stereocenters. The number of nitrogens with zero attached hydrogens (tertiary/aromatic N) is 3. The van der Waals surface area contributed by atoms with Gasteiger partial charge in [-0.25, -0.2) is 14.4 Å². The zero-order valence-corrected chi connectivity index (χ0v) is 23.7. The van der Waals surface area contributed by atoms with Gasteiger partial charge in [0.25, 0.3) is 0 Å². The van der Waals surface area contributed by atoms with Crippen LogP contribution in [0.15, 0.2) is 48.8 Å². The number of halogens is 2. The van der Waals surface area contributed by atoms with E-state index in [9.17, 15) is 18.8 Å². The van der Waals surface area contributed by atoms with Crippen molar-refractivity contribution in [3.63, 3.8) is 0 Å². The van der Waals surface area contributed by atoms with Crippen LogP contribution in [0, 0.1) is 5.82 Å². The Labute approximate surface area is 246 Å². The van der Waals surface area contributed by atoms with Gasteiger partial charge in [0.15, 0.2) is 0 Å². The minimum Gasteiger partial charge on any atom is -0.486 e. The average Bonchev–Trinajstić information content (AvgIpc) is 3.43. The van der Waals surface area contributed by atoms with Crippen molar-refractivity contribution < 1.29 is 38.5 Å². The second kappa shape index (κ2) is 15.6. The number of likely N-dealkylation sites (N-methyl/N-ethyl adjacent to an activating group) is 1. The van der Waals surface area contributed by atoms with Crippen LogP contribution in [0.2, 0.25) is 5.02 Å². The zero-order valence-electron chi connectivity index (χ0n) is 23.0. The predicted octanol–water partition coefficient (Wildman–Crippen LogP) is 4.33. The van der Waals surface area contributed by atoms with Crippen molar-refractivity contribution >= 4 is 57.5 Å². The molecule has 0 bridgehead atoms. The third-order valence-corrected chi connectivity index (χ3v) is 5.94. The number of aliphatic carboxylic acids is 2. The minimum atomic E-state index is -1.08. The standard InChI is InChI=1S/C24H25ClFN5O3.C4H6O4/c1-31(2)8-3-4-23(32)30-21-11-17-20(12-22(21)34-16-7-9-33-13-16)27-14-28-24(17)29-15-5-6-19(26)18(25)10-15;5-3(6)1-2-4(7)8/h3-6,10-12,14,16H,7-9,13H2,1-2H3,(H,30,32)(H,27,28,29);1-2H2,(H,5,6)(H,7,8)/b4-3+;/t16-;/m0./s1. The third-order valence-electron chi connectivity index (χ3n) is 5.65. The lowest BCUT2D eigenvalue weighted by Crippen LogP contribution is -2.18. The maximum atomic E-state index is 13.6. The van der Waals surface area contributed by atoms with E-state index in [1.165, 1.54) is 24.5 Å². The first-order valence-electron chi connectivity index (χ1n) is 12.8. The van der Waals surface area contributed by atoms with Gasteiger partial charge in [-0.15, -0.1) is 0 Å². The summed E-state index contributed by atoms with van der Waals surface area (Å²) in [6.07, 6.45) is 4.73. The van der Waals surface area contributed by atoms with Crippen LogP contribution in [0.5, 0.6) is 5.75 Å². The fraction of sp³-hybridized carbons (Fsp3) is 0.321. The van der Waals surface area contributed by atoms with Gasteiger partial charge < -0.3 is 35.2 Å². The molecule has 2 aromatic carbocycles. The highest BCUT2D eigenvalue weighted by Crippen LogP contribution is 2.35. The lowest BCUT2D eigenvalue weighted by atomic mass is 10.1. The molecule has 12 nitrogen and oxygen atoms in total. The van der Waals surface area contributed by atoms with Gasteiger partial charge in [0.1, 0.15) is 29.8 Å². The molecule has 1 amide bonds. The van der Waals surface area contributed by atoms with E-state index in [1.54, 1.807) is 24.3 Å². The molecule has 42 heavy (non-hydrogen) atoms. The first kappa shape index (κ1) is 32.2. The Hall–Kier alpha value is -4.33.